The van der Waals surface area contributed by atoms with Crippen molar-refractivity contribution < 1.29 is 14.3 Å². The third kappa shape index (κ3) is 5.79. The molecular formula is C23H23NO3S. The molecule has 0 aliphatic heterocycles. The van der Waals surface area contributed by atoms with Gasteiger partial charge in [0, 0.05) is 16.2 Å². The number of ether oxygens (including phenoxy) is 2. The summed E-state index contributed by atoms with van der Waals surface area (Å²) in [6.45, 7) is 0.792. The molecule has 0 bridgehead atoms. The van der Waals surface area contributed by atoms with Crippen LogP contribution >= 0.6 is 11.8 Å². The van der Waals surface area contributed by atoms with E-state index in [2.05, 4.69) is 17.4 Å². The minimum Gasteiger partial charge on any atom is -0.493 e. The van der Waals surface area contributed by atoms with E-state index in [9.17, 15) is 4.79 Å². The summed E-state index contributed by atoms with van der Waals surface area (Å²) in [5, 5.41) is 2.87. The summed E-state index contributed by atoms with van der Waals surface area (Å²) < 4.78 is 10.9. The summed E-state index contributed by atoms with van der Waals surface area (Å²) in [4.78, 5) is 13.5. The fraction of sp³-hybridized carbons (Fsp3) is 0.174. The van der Waals surface area contributed by atoms with Gasteiger partial charge in [-0.1, -0.05) is 42.5 Å². The van der Waals surface area contributed by atoms with Gasteiger partial charge in [-0.3, -0.25) is 4.79 Å². The molecule has 0 atom stereocenters. The number of thioether (sulfide) groups is 1. The summed E-state index contributed by atoms with van der Waals surface area (Å²) in [7, 11) is 1.60. The number of para-hydroxylation sites is 2. The van der Waals surface area contributed by atoms with E-state index in [1.54, 1.807) is 18.9 Å². The van der Waals surface area contributed by atoms with E-state index < -0.39 is 0 Å². The molecule has 28 heavy (non-hydrogen) atoms. The second-order valence-corrected chi connectivity index (χ2v) is 7.10. The van der Waals surface area contributed by atoms with Crippen molar-refractivity contribution in [2.24, 2.45) is 0 Å². The van der Waals surface area contributed by atoms with Crippen LogP contribution in [0.4, 0.5) is 0 Å². The first-order valence-electron chi connectivity index (χ1n) is 9.07. The minimum atomic E-state index is -0.106. The molecule has 0 spiro atoms. The maximum absolute atomic E-state index is 12.3. The minimum absolute atomic E-state index is 0.106. The molecule has 1 N–H and O–H groups in total. The van der Waals surface area contributed by atoms with Crippen molar-refractivity contribution in [3.8, 4) is 11.5 Å². The first-order chi connectivity index (χ1) is 13.8. The van der Waals surface area contributed by atoms with E-state index in [4.69, 9.17) is 9.47 Å². The third-order valence-electron chi connectivity index (χ3n) is 4.08. The summed E-state index contributed by atoms with van der Waals surface area (Å²) in [5.74, 6) is 2.11. The zero-order valence-corrected chi connectivity index (χ0v) is 16.6. The molecule has 0 aliphatic rings. The normalized spacial score (nSPS) is 10.3. The van der Waals surface area contributed by atoms with Gasteiger partial charge in [-0.2, -0.15) is 0 Å². The predicted molar refractivity (Wildman–Crippen MR) is 113 cm³/mol. The Bertz CT molecular complexity index is 882. The van der Waals surface area contributed by atoms with E-state index >= 15 is 0 Å². The quantitative estimate of drug-likeness (QED) is 0.419. The van der Waals surface area contributed by atoms with Crippen LogP contribution in [0.5, 0.6) is 11.5 Å². The van der Waals surface area contributed by atoms with Crippen LogP contribution in [0, 0.1) is 0 Å². The number of methoxy groups -OCH3 is 1. The monoisotopic (exact) mass is 393 g/mol. The number of nitrogens with one attached hydrogen (secondary N) is 1. The van der Waals surface area contributed by atoms with Gasteiger partial charge in [0.25, 0.3) is 5.91 Å². The molecule has 0 saturated carbocycles. The van der Waals surface area contributed by atoms with Crippen LogP contribution in [-0.2, 0) is 5.75 Å². The lowest BCUT2D eigenvalue weighted by atomic mass is 10.1. The van der Waals surface area contributed by atoms with Crippen molar-refractivity contribution in [2.75, 3.05) is 20.3 Å². The van der Waals surface area contributed by atoms with Crippen LogP contribution in [0.1, 0.15) is 15.9 Å². The molecule has 4 nitrogen and oxygen atoms in total. The Morgan fingerprint density at radius 2 is 1.57 bits per heavy atom. The number of hydrogen-bond donors (Lipinski definition) is 1. The number of amides is 1. The van der Waals surface area contributed by atoms with Gasteiger partial charge in [-0.25, -0.2) is 0 Å². The van der Waals surface area contributed by atoms with Gasteiger partial charge in [0.2, 0.25) is 0 Å². The second-order valence-electron chi connectivity index (χ2n) is 6.05. The molecular weight excluding hydrogens is 370 g/mol. The molecule has 5 heteroatoms. The highest BCUT2D eigenvalue weighted by Crippen LogP contribution is 2.25. The maximum atomic E-state index is 12.3. The molecule has 3 rings (SSSR count). The highest BCUT2D eigenvalue weighted by atomic mass is 32.2. The Hall–Kier alpha value is -2.92. The molecule has 0 radical (unpaired) electrons. The maximum Gasteiger partial charge on any atom is 0.251 e. The van der Waals surface area contributed by atoms with E-state index in [1.165, 1.54) is 10.5 Å². The summed E-state index contributed by atoms with van der Waals surface area (Å²) in [6.07, 6.45) is 0. The van der Waals surface area contributed by atoms with Gasteiger partial charge >= 0.3 is 0 Å². The number of rotatable bonds is 9. The fourth-order valence-electron chi connectivity index (χ4n) is 2.60. The zero-order chi connectivity index (χ0) is 19.6. The topological polar surface area (TPSA) is 47.6 Å². The van der Waals surface area contributed by atoms with Gasteiger partial charge in [0.05, 0.1) is 13.7 Å². The molecule has 0 saturated heterocycles. The SMILES string of the molecule is COc1ccccc1OCCNC(=O)c1ccc(CSc2ccccc2)cc1. The van der Waals surface area contributed by atoms with E-state index in [1.807, 2.05) is 66.7 Å². The lowest BCUT2D eigenvalue weighted by Crippen LogP contribution is -2.28. The number of carbonyl (C=O) groups is 1. The van der Waals surface area contributed by atoms with Crippen LogP contribution in [0.25, 0.3) is 0 Å². The lowest BCUT2D eigenvalue weighted by molar-refractivity contribution is 0.0947. The lowest BCUT2D eigenvalue weighted by Gasteiger charge is -2.11. The second kappa shape index (κ2) is 10.4. The predicted octanol–water partition coefficient (Wildman–Crippen LogP) is 4.80. The third-order valence-corrected chi connectivity index (χ3v) is 5.16. The van der Waals surface area contributed by atoms with Crippen molar-refractivity contribution in [2.45, 2.75) is 10.6 Å². The van der Waals surface area contributed by atoms with Crippen molar-refractivity contribution in [3.05, 3.63) is 90.0 Å². The number of benzene rings is 3. The van der Waals surface area contributed by atoms with Gasteiger partial charge < -0.3 is 14.8 Å². The molecule has 3 aromatic rings. The van der Waals surface area contributed by atoms with Crippen LogP contribution in [0.15, 0.2) is 83.8 Å². The van der Waals surface area contributed by atoms with E-state index in [-0.39, 0.29) is 5.91 Å². The van der Waals surface area contributed by atoms with Gasteiger partial charge in [-0.05, 0) is 42.0 Å². The molecule has 0 fully saturated rings. The Balaban J connectivity index is 1.43. The first-order valence-corrected chi connectivity index (χ1v) is 10.1. The van der Waals surface area contributed by atoms with Gasteiger partial charge in [-0.15, -0.1) is 11.8 Å². The largest absolute Gasteiger partial charge is 0.493 e. The van der Waals surface area contributed by atoms with Gasteiger partial charge in [0.15, 0.2) is 11.5 Å². The van der Waals surface area contributed by atoms with Crippen molar-refractivity contribution in [1.29, 1.82) is 0 Å². The summed E-state index contributed by atoms with van der Waals surface area (Å²) >= 11 is 1.78. The van der Waals surface area contributed by atoms with Crippen LogP contribution < -0.4 is 14.8 Å². The highest BCUT2D eigenvalue weighted by molar-refractivity contribution is 7.98. The fourth-order valence-corrected chi connectivity index (χ4v) is 3.48. The molecule has 0 unspecified atom stereocenters. The van der Waals surface area contributed by atoms with Crippen LogP contribution in [-0.4, -0.2) is 26.2 Å². The highest BCUT2D eigenvalue weighted by Gasteiger charge is 2.06. The Labute approximate surface area is 169 Å². The Morgan fingerprint density at radius 1 is 0.893 bits per heavy atom. The average molecular weight is 394 g/mol. The van der Waals surface area contributed by atoms with E-state index in [0.717, 1.165) is 5.75 Å². The summed E-state index contributed by atoms with van der Waals surface area (Å²) in [6, 6.07) is 25.4. The van der Waals surface area contributed by atoms with E-state index in [0.29, 0.717) is 30.2 Å². The van der Waals surface area contributed by atoms with Crippen molar-refractivity contribution in [1.82, 2.24) is 5.32 Å². The average Bonchev–Trinajstić information content (AvgIpc) is 2.76. The smallest absolute Gasteiger partial charge is 0.251 e. The van der Waals surface area contributed by atoms with Crippen LogP contribution in [0.2, 0.25) is 0 Å². The molecule has 1 amide bonds. The summed E-state index contributed by atoms with van der Waals surface area (Å²) in [5.41, 5.74) is 1.83. The molecule has 0 aliphatic carbocycles. The number of hydrogen-bond acceptors (Lipinski definition) is 4. The van der Waals surface area contributed by atoms with Gasteiger partial charge in [0.1, 0.15) is 6.61 Å². The van der Waals surface area contributed by atoms with Crippen LogP contribution in [0.3, 0.4) is 0 Å². The molecule has 144 valence electrons. The molecule has 0 aromatic heterocycles. The number of carbonyl (C=O) groups excluding carboxylic acids is 1. The molecule has 3 aromatic carbocycles. The Morgan fingerprint density at radius 3 is 2.29 bits per heavy atom. The first kappa shape index (κ1) is 19.8. The zero-order valence-electron chi connectivity index (χ0n) is 15.8. The Kier molecular flexibility index (Phi) is 7.38. The molecule has 0 heterocycles. The van der Waals surface area contributed by atoms with Crippen molar-refractivity contribution >= 4 is 17.7 Å². The van der Waals surface area contributed by atoms with Crippen molar-refractivity contribution in [3.63, 3.8) is 0 Å². The standard InChI is InChI=1S/C23H23NO3S/c1-26-21-9-5-6-10-22(21)27-16-15-24-23(25)19-13-11-18(12-14-19)17-28-20-7-3-2-4-8-20/h2-14H,15-17H2,1H3,(H,24,25).